The molecular weight excluding hydrogens is 384 g/mol. The number of piperazine rings is 1. The van der Waals surface area contributed by atoms with E-state index in [4.69, 9.17) is 0 Å². The zero-order chi connectivity index (χ0) is 21.1. The number of carbonyl (C=O) groups is 3. The van der Waals surface area contributed by atoms with Crippen LogP contribution in [0, 0.1) is 0 Å². The molecule has 2 N–H and O–H groups in total. The normalized spacial score (nSPS) is 20.7. The summed E-state index contributed by atoms with van der Waals surface area (Å²) in [5, 5.41) is 5.20. The maximum absolute atomic E-state index is 12.7. The standard InChI is InChI=1S/C18H26N4O5S/c1-5-13-7-6-8-14(9-13)20-15(23)10-19-17(25)18(2)12-22(28(4,26)27)11-16(24)21(18)3/h6-9H,5,10-12H2,1-4H3,(H,19,25)(H,20,23)/t18-/m0/s1. The summed E-state index contributed by atoms with van der Waals surface area (Å²) < 4.78 is 24.6. The van der Waals surface area contributed by atoms with Crippen molar-refractivity contribution < 1.29 is 22.8 Å². The summed E-state index contributed by atoms with van der Waals surface area (Å²) in [6.07, 6.45) is 1.82. The van der Waals surface area contributed by atoms with E-state index < -0.39 is 33.3 Å². The molecule has 0 radical (unpaired) electrons. The zero-order valence-corrected chi connectivity index (χ0v) is 17.3. The fourth-order valence-electron chi connectivity index (χ4n) is 2.92. The molecule has 1 atom stereocenters. The molecule has 0 aromatic heterocycles. The largest absolute Gasteiger partial charge is 0.345 e. The van der Waals surface area contributed by atoms with Gasteiger partial charge in [0.1, 0.15) is 5.54 Å². The first-order valence-corrected chi connectivity index (χ1v) is 10.7. The number of nitrogens with one attached hydrogen (secondary N) is 2. The molecular formula is C18H26N4O5S. The van der Waals surface area contributed by atoms with Crippen LogP contribution in [0.2, 0.25) is 0 Å². The number of benzene rings is 1. The van der Waals surface area contributed by atoms with Gasteiger partial charge >= 0.3 is 0 Å². The number of hydrogen-bond acceptors (Lipinski definition) is 5. The molecule has 3 amide bonds. The molecule has 154 valence electrons. The van der Waals surface area contributed by atoms with Gasteiger partial charge in [-0.2, -0.15) is 4.31 Å². The zero-order valence-electron chi connectivity index (χ0n) is 16.5. The number of sulfonamides is 1. The van der Waals surface area contributed by atoms with Gasteiger partial charge in [0.25, 0.3) is 0 Å². The summed E-state index contributed by atoms with van der Waals surface area (Å²) in [6.45, 7) is 2.68. The third kappa shape index (κ3) is 4.87. The second-order valence-electron chi connectivity index (χ2n) is 7.04. The molecule has 1 heterocycles. The predicted molar refractivity (Wildman–Crippen MR) is 105 cm³/mol. The molecule has 1 aliphatic heterocycles. The third-order valence-electron chi connectivity index (χ3n) is 4.90. The van der Waals surface area contributed by atoms with Gasteiger partial charge in [-0.3, -0.25) is 14.4 Å². The highest BCUT2D eigenvalue weighted by atomic mass is 32.2. The molecule has 28 heavy (non-hydrogen) atoms. The van der Waals surface area contributed by atoms with Crippen LogP contribution in [0.25, 0.3) is 0 Å². The predicted octanol–water partition coefficient (Wildman–Crippen LogP) is -0.204. The van der Waals surface area contributed by atoms with Crippen molar-refractivity contribution in [2.45, 2.75) is 25.8 Å². The Hall–Kier alpha value is -2.46. The molecule has 0 aliphatic carbocycles. The molecule has 1 fully saturated rings. The molecule has 0 bridgehead atoms. The van der Waals surface area contributed by atoms with E-state index in [1.54, 1.807) is 6.07 Å². The first-order valence-electron chi connectivity index (χ1n) is 8.86. The van der Waals surface area contributed by atoms with Gasteiger partial charge in [0.15, 0.2) is 0 Å². The van der Waals surface area contributed by atoms with Crippen molar-refractivity contribution in [3.8, 4) is 0 Å². The van der Waals surface area contributed by atoms with E-state index in [-0.39, 0.29) is 19.6 Å². The minimum absolute atomic E-state index is 0.180. The van der Waals surface area contributed by atoms with Gasteiger partial charge in [-0.1, -0.05) is 19.1 Å². The smallest absolute Gasteiger partial charge is 0.247 e. The van der Waals surface area contributed by atoms with Crippen molar-refractivity contribution >= 4 is 33.4 Å². The summed E-state index contributed by atoms with van der Waals surface area (Å²) >= 11 is 0. The average molecular weight is 410 g/mol. The monoisotopic (exact) mass is 410 g/mol. The van der Waals surface area contributed by atoms with Gasteiger partial charge < -0.3 is 15.5 Å². The number of likely N-dealkylation sites (N-methyl/N-ethyl adjacent to an activating group) is 1. The second kappa shape index (κ2) is 8.27. The molecule has 2 rings (SSSR count). The maximum Gasteiger partial charge on any atom is 0.247 e. The average Bonchev–Trinajstić information content (AvgIpc) is 2.63. The summed E-state index contributed by atoms with van der Waals surface area (Å²) in [5.41, 5.74) is 0.274. The summed E-state index contributed by atoms with van der Waals surface area (Å²) in [5.74, 6) is -1.51. The maximum atomic E-state index is 12.7. The van der Waals surface area contributed by atoms with Crippen LogP contribution in [0.3, 0.4) is 0 Å². The summed E-state index contributed by atoms with van der Waals surface area (Å²) in [6, 6.07) is 7.37. The van der Waals surface area contributed by atoms with Crippen molar-refractivity contribution in [2.24, 2.45) is 0 Å². The Labute approximate surface area is 165 Å². The van der Waals surface area contributed by atoms with E-state index in [1.807, 2.05) is 25.1 Å². The quantitative estimate of drug-likeness (QED) is 0.674. The van der Waals surface area contributed by atoms with Crippen molar-refractivity contribution in [1.82, 2.24) is 14.5 Å². The number of anilines is 1. The Morgan fingerprint density at radius 1 is 1.29 bits per heavy atom. The van der Waals surface area contributed by atoms with E-state index in [9.17, 15) is 22.8 Å². The summed E-state index contributed by atoms with van der Waals surface area (Å²) in [7, 11) is -2.20. The van der Waals surface area contributed by atoms with Gasteiger partial charge in [-0.05, 0) is 31.0 Å². The fourth-order valence-corrected chi connectivity index (χ4v) is 3.75. The molecule has 9 nitrogen and oxygen atoms in total. The topological polar surface area (TPSA) is 116 Å². The molecule has 1 aliphatic rings. The highest BCUT2D eigenvalue weighted by Gasteiger charge is 2.47. The lowest BCUT2D eigenvalue weighted by molar-refractivity contribution is -0.150. The molecule has 1 aromatic carbocycles. The molecule has 0 spiro atoms. The van der Waals surface area contributed by atoms with Crippen molar-refractivity contribution in [3.05, 3.63) is 29.8 Å². The Kier molecular flexibility index (Phi) is 6.45. The lowest BCUT2D eigenvalue weighted by Crippen LogP contribution is -2.68. The molecule has 0 unspecified atom stereocenters. The van der Waals surface area contributed by atoms with Gasteiger partial charge in [-0.15, -0.1) is 0 Å². The van der Waals surface area contributed by atoms with Crippen molar-refractivity contribution in [3.63, 3.8) is 0 Å². The summed E-state index contributed by atoms with van der Waals surface area (Å²) in [4.78, 5) is 38.2. The highest BCUT2D eigenvalue weighted by molar-refractivity contribution is 7.88. The Morgan fingerprint density at radius 2 is 1.96 bits per heavy atom. The van der Waals surface area contributed by atoms with Crippen LogP contribution < -0.4 is 10.6 Å². The van der Waals surface area contributed by atoms with Gasteiger partial charge in [0.05, 0.1) is 19.3 Å². The van der Waals surface area contributed by atoms with E-state index in [0.717, 1.165) is 22.5 Å². The Morgan fingerprint density at radius 3 is 2.57 bits per heavy atom. The number of carbonyl (C=O) groups excluding carboxylic acids is 3. The minimum atomic E-state index is -3.64. The SMILES string of the molecule is CCc1cccc(NC(=O)CNC(=O)[C@]2(C)CN(S(C)(=O)=O)CC(=O)N2C)c1. The highest BCUT2D eigenvalue weighted by Crippen LogP contribution is 2.22. The molecule has 1 aromatic rings. The number of nitrogens with zero attached hydrogens (tertiary/aromatic N) is 2. The van der Waals surface area contributed by atoms with Crippen molar-refractivity contribution in [2.75, 3.05) is 38.3 Å². The van der Waals surface area contributed by atoms with E-state index in [2.05, 4.69) is 10.6 Å². The second-order valence-corrected chi connectivity index (χ2v) is 9.02. The van der Waals surface area contributed by atoms with Crippen molar-refractivity contribution in [1.29, 1.82) is 0 Å². The number of aryl methyl sites for hydroxylation is 1. The van der Waals surface area contributed by atoms with E-state index in [0.29, 0.717) is 5.69 Å². The fraction of sp³-hybridized carbons (Fsp3) is 0.500. The third-order valence-corrected chi connectivity index (χ3v) is 6.09. The van der Waals surface area contributed by atoms with Gasteiger partial charge in [0.2, 0.25) is 27.7 Å². The minimum Gasteiger partial charge on any atom is -0.345 e. The Balaban J connectivity index is 2.03. The van der Waals surface area contributed by atoms with Crippen LogP contribution in [0.4, 0.5) is 5.69 Å². The van der Waals surface area contributed by atoms with Crippen LogP contribution in [0.5, 0.6) is 0 Å². The first kappa shape index (κ1) is 21.8. The van der Waals surface area contributed by atoms with Crippen LogP contribution in [-0.2, 0) is 30.8 Å². The molecule has 1 saturated heterocycles. The lowest BCUT2D eigenvalue weighted by atomic mass is 9.96. The number of rotatable bonds is 6. The van der Waals surface area contributed by atoms with E-state index >= 15 is 0 Å². The van der Waals surface area contributed by atoms with E-state index in [1.165, 1.54) is 18.9 Å². The number of amides is 3. The van der Waals surface area contributed by atoms with Crippen LogP contribution in [0.1, 0.15) is 19.4 Å². The molecule has 0 saturated carbocycles. The van der Waals surface area contributed by atoms with Crippen LogP contribution in [0.15, 0.2) is 24.3 Å². The van der Waals surface area contributed by atoms with Crippen LogP contribution >= 0.6 is 0 Å². The van der Waals surface area contributed by atoms with Crippen LogP contribution in [-0.4, -0.2) is 73.8 Å². The Bertz CT molecular complexity index is 886. The van der Waals surface area contributed by atoms with Gasteiger partial charge in [0, 0.05) is 19.3 Å². The lowest BCUT2D eigenvalue weighted by Gasteiger charge is -2.44. The number of hydrogen-bond donors (Lipinski definition) is 2. The van der Waals surface area contributed by atoms with Gasteiger partial charge in [-0.25, -0.2) is 8.42 Å². The molecule has 10 heteroatoms. The first-order chi connectivity index (χ1) is 13.0.